The first-order chi connectivity index (χ1) is 15.0. The Morgan fingerprint density at radius 2 is 1.91 bits per heavy atom. The maximum absolute atomic E-state index is 13.6. The molecule has 4 rings (SSSR count). The van der Waals surface area contributed by atoms with Gasteiger partial charge < -0.3 is 9.88 Å². The van der Waals surface area contributed by atoms with Crippen molar-refractivity contribution in [2.45, 2.75) is 44.4 Å². The summed E-state index contributed by atoms with van der Waals surface area (Å²) in [5.74, 6) is 0.217. The number of nitrogens with zero attached hydrogens (tertiary/aromatic N) is 3. The number of rotatable bonds is 5. The third kappa shape index (κ3) is 3.57. The van der Waals surface area contributed by atoms with Crippen LogP contribution in [0.1, 0.15) is 42.5 Å². The molecule has 2 heterocycles. The number of nitrogens with one attached hydrogen (secondary N) is 1. The lowest BCUT2D eigenvalue weighted by molar-refractivity contribution is -0.138. The topological polar surface area (TPSA) is 68.9 Å². The summed E-state index contributed by atoms with van der Waals surface area (Å²) in [6.07, 6.45) is -2.04. The first-order valence-electron chi connectivity index (χ1n) is 10.1. The maximum atomic E-state index is 13.6. The summed E-state index contributed by atoms with van der Waals surface area (Å²) in [6, 6.07) is 4.52. The fraction of sp³-hybridized carbons (Fsp3) is 0.409. The second-order valence-corrected chi connectivity index (χ2v) is 8.33. The fourth-order valence-electron chi connectivity index (χ4n) is 4.10. The first kappa shape index (κ1) is 22.0. The van der Waals surface area contributed by atoms with Gasteiger partial charge in [0, 0.05) is 24.7 Å². The summed E-state index contributed by atoms with van der Waals surface area (Å²) in [5, 5.41) is 7.72. The van der Waals surface area contributed by atoms with E-state index >= 15 is 0 Å². The molecule has 0 aliphatic heterocycles. The lowest BCUT2D eigenvalue weighted by Crippen LogP contribution is -2.33. The van der Waals surface area contributed by atoms with Gasteiger partial charge in [0.2, 0.25) is 0 Å². The van der Waals surface area contributed by atoms with Crippen molar-refractivity contribution in [1.29, 1.82) is 0 Å². The van der Waals surface area contributed by atoms with E-state index in [1.807, 2.05) is 0 Å². The van der Waals surface area contributed by atoms with E-state index < -0.39 is 41.1 Å². The molecule has 3 aromatic rings. The minimum atomic E-state index is -4.48. The average Bonchev–Trinajstić information content (AvgIpc) is 3.52. The minimum Gasteiger partial charge on any atom is -0.362 e. The van der Waals surface area contributed by atoms with Gasteiger partial charge in [-0.15, -0.1) is 0 Å². The summed E-state index contributed by atoms with van der Waals surface area (Å²) in [5.41, 5.74) is -2.12. The third-order valence-corrected chi connectivity index (χ3v) is 6.17. The standard InChI is InChI=1S/C22H22F4N4O2/c1-12-14(5-4-6-17(12)22(24,25)26)13(2)27-19-16-10-30(21(11-23)7-8-21)18(31)9-15(16)20(32)29(3)28-19/h4-6,9-10,13H,7-8,11H2,1-3H3,(H,27,28)/t13-/m1/s1. The number of benzene rings is 1. The quantitative estimate of drug-likeness (QED) is 0.596. The Bertz CT molecular complexity index is 1320. The van der Waals surface area contributed by atoms with Gasteiger partial charge in [0.05, 0.1) is 22.5 Å². The Balaban J connectivity index is 1.83. The van der Waals surface area contributed by atoms with Crippen molar-refractivity contribution in [3.63, 3.8) is 0 Å². The number of anilines is 1. The van der Waals surface area contributed by atoms with Gasteiger partial charge in [-0.3, -0.25) is 9.59 Å². The third-order valence-electron chi connectivity index (χ3n) is 6.17. The van der Waals surface area contributed by atoms with E-state index in [2.05, 4.69) is 10.4 Å². The Labute approximate surface area is 180 Å². The molecule has 0 bridgehead atoms. The molecule has 0 radical (unpaired) electrons. The fourth-order valence-corrected chi connectivity index (χ4v) is 4.10. The predicted octanol–water partition coefficient (Wildman–Crippen LogP) is 4.05. The van der Waals surface area contributed by atoms with Gasteiger partial charge in [0.15, 0.2) is 5.82 Å². The average molecular weight is 450 g/mol. The molecule has 1 saturated carbocycles. The Morgan fingerprint density at radius 1 is 1.22 bits per heavy atom. The molecule has 0 unspecified atom stereocenters. The number of fused-ring (bicyclic) bond motifs is 1. The summed E-state index contributed by atoms with van der Waals surface area (Å²) in [6.45, 7) is 2.37. The molecule has 32 heavy (non-hydrogen) atoms. The number of pyridine rings is 1. The van der Waals surface area contributed by atoms with Gasteiger partial charge in [-0.2, -0.15) is 18.3 Å². The molecular formula is C22H22F4N4O2. The van der Waals surface area contributed by atoms with Crippen LogP contribution in [-0.2, 0) is 18.8 Å². The highest BCUT2D eigenvalue weighted by Gasteiger charge is 2.45. The highest BCUT2D eigenvalue weighted by Crippen LogP contribution is 2.43. The lowest BCUT2D eigenvalue weighted by atomic mass is 9.97. The molecule has 1 atom stereocenters. The maximum Gasteiger partial charge on any atom is 0.416 e. The van der Waals surface area contributed by atoms with Crippen molar-refractivity contribution in [3.05, 3.63) is 67.9 Å². The van der Waals surface area contributed by atoms with E-state index in [1.165, 1.54) is 36.9 Å². The molecule has 1 aliphatic carbocycles. The van der Waals surface area contributed by atoms with Crippen LogP contribution in [0, 0.1) is 6.92 Å². The van der Waals surface area contributed by atoms with Crippen molar-refractivity contribution in [2.24, 2.45) is 7.05 Å². The highest BCUT2D eigenvalue weighted by atomic mass is 19.4. The molecule has 10 heteroatoms. The van der Waals surface area contributed by atoms with E-state index in [0.29, 0.717) is 23.8 Å². The van der Waals surface area contributed by atoms with Crippen LogP contribution in [-0.4, -0.2) is 21.0 Å². The molecule has 170 valence electrons. The Morgan fingerprint density at radius 3 is 2.50 bits per heavy atom. The van der Waals surface area contributed by atoms with Gasteiger partial charge in [-0.25, -0.2) is 9.07 Å². The summed E-state index contributed by atoms with van der Waals surface area (Å²) in [4.78, 5) is 25.1. The molecule has 0 saturated heterocycles. The lowest BCUT2D eigenvalue weighted by Gasteiger charge is -2.22. The van der Waals surface area contributed by atoms with E-state index in [4.69, 9.17) is 0 Å². The SMILES string of the molecule is Cc1c([C@@H](C)Nc2nn(C)c(=O)c3cc(=O)n(C4(CF)CC4)cc23)cccc1C(F)(F)F. The largest absolute Gasteiger partial charge is 0.416 e. The molecule has 1 fully saturated rings. The first-order valence-corrected chi connectivity index (χ1v) is 10.1. The van der Waals surface area contributed by atoms with Crippen LogP contribution < -0.4 is 16.4 Å². The minimum absolute atomic E-state index is 0.0837. The van der Waals surface area contributed by atoms with Crippen LogP contribution >= 0.6 is 0 Å². The van der Waals surface area contributed by atoms with E-state index in [-0.39, 0.29) is 16.8 Å². The molecule has 1 aromatic carbocycles. The van der Waals surface area contributed by atoms with Crippen LogP contribution in [0.15, 0.2) is 40.1 Å². The summed E-state index contributed by atoms with van der Waals surface area (Å²) >= 11 is 0. The second-order valence-electron chi connectivity index (χ2n) is 8.33. The normalized spacial score (nSPS) is 16.2. The second kappa shape index (κ2) is 7.46. The Kier molecular flexibility index (Phi) is 5.14. The number of alkyl halides is 4. The van der Waals surface area contributed by atoms with Crippen LogP contribution in [0.4, 0.5) is 23.4 Å². The van der Waals surface area contributed by atoms with E-state index in [9.17, 15) is 27.2 Å². The van der Waals surface area contributed by atoms with E-state index in [0.717, 1.165) is 10.7 Å². The molecule has 0 amide bonds. The zero-order valence-electron chi connectivity index (χ0n) is 17.8. The summed E-state index contributed by atoms with van der Waals surface area (Å²) in [7, 11) is 1.42. The van der Waals surface area contributed by atoms with Crippen molar-refractivity contribution in [3.8, 4) is 0 Å². The predicted molar refractivity (Wildman–Crippen MR) is 113 cm³/mol. The van der Waals surface area contributed by atoms with E-state index in [1.54, 1.807) is 13.0 Å². The zero-order valence-corrected chi connectivity index (χ0v) is 17.8. The van der Waals surface area contributed by atoms with Gasteiger partial charge in [0.1, 0.15) is 6.67 Å². The molecule has 0 spiro atoms. The van der Waals surface area contributed by atoms with Crippen molar-refractivity contribution in [2.75, 3.05) is 12.0 Å². The van der Waals surface area contributed by atoms with Crippen LogP contribution in [0.25, 0.3) is 10.8 Å². The monoisotopic (exact) mass is 450 g/mol. The smallest absolute Gasteiger partial charge is 0.362 e. The van der Waals surface area contributed by atoms with Crippen molar-refractivity contribution in [1.82, 2.24) is 14.3 Å². The van der Waals surface area contributed by atoms with Gasteiger partial charge in [-0.05, 0) is 43.9 Å². The zero-order chi connectivity index (χ0) is 23.4. The van der Waals surface area contributed by atoms with Crippen LogP contribution in [0.3, 0.4) is 0 Å². The van der Waals surface area contributed by atoms with Crippen LogP contribution in [0.5, 0.6) is 0 Å². The molecule has 6 nitrogen and oxygen atoms in total. The van der Waals surface area contributed by atoms with Gasteiger partial charge in [0.25, 0.3) is 11.1 Å². The van der Waals surface area contributed by atoms with Crippen molar-refractivity contribution < 1.29 is 17.6 Å². The van der Waals surface area contributed by atoms with Crippen molar-refractivity contribution >= 4 is 16.6 Å². The van der Waals surface area contributed by atoms with Gasteiger partial charge >= 0.3 is 6.18 Å². The summed E-state index contributed by atoms with van der Waals surface area (Å²) < 4.78 is 55.9. The Hall–Kier alpha value is -3.17. The van der Waals surface area contributed by atoms with Crippen LogP contribution in [0.2, 0.25) is 0 Å². The molecule has 1 N–H and O–H groups in total. The number of hydrogen-bond acceptors (Lipinski definition) is 4. The number of aromatic nitrogens is 3. The molecular weight excluding hydrogens is 428 g/mol. The number of halogens is 4. The molecule has 1 aliphatic rings. The highest BCUT2D eigenvalue weighted by molar-refractivity contribution is 5.90. The molecule has 2 aromatic heterocycles. The number of hydrogen-bond donors (Lipinski definition) is 1. The van der Waals surface area contributed by atoms with Gasteiger partial charge in [-0.1, -0.05) is 12.1 Å². The number of aryl methyl sites for hydroxylation is 1.